The molecule has 26 heavy (non-hydrogen) atoms. The molecule has 0 unspecified atom stereocenters. The molecule has 0 saturated heterocycles. The van der Waals surface area contributed by atoms with Crippen molar-refractivity contribution in [3.05, 3.63) is 95.6 Å². The highest BCUT2D eigenvalue weighted by Crippen LogP contribution is 2.19. The summed E-state index contributed by atoms with van der Waals surface area (Å²) in [5.74, 6) is 0.746. The van der Waals surface area contributed by atoms with E-state index in [9.17, 15) is 4.79 Å². The number of ether oxygens (including phenoxy) is 1. The van der Waals surface area contributed by atoms with Gasteiger partial charge in [0.05, 0.1) is 0 Å². The van der Waals surface area contributed by atoms with E-state index < -0.39 is 0 Å². The normalized spacial score (nSPS) is 10.3. The summed E-state index contributed by atoms with van der Waals surface area (Å²) in [4.78, 5) is 12.2. The fourth-order valence-corrected chi connectivity index (χ4v) is 2.64. The Kier molecular flexibility index (Phi) is 6.05. The highest BCUT2D eigenvalue weighted by molar-refractivity contribution is 5.91. The third-order valence-corrected chi connectivity index (χ3v) is 4.13. The molecule has 0 aromatic heterocycles. The van der Waals surface area contributed by atoms with Crippen LogP contribution in [0.5, 0.6) is 5.75 Å². The predicted octanol–water partition coefficient (Wildman–Crippen LogP) is 5.15. The first-order valence-electron chi connectivity index (χ1n) is 8.81. The van der Waals surface area contributed by atoms with E-state index in [2.05, 4.69) is 36.5 Å². The Labute approximate surface area is 154 Å². The molecule has 0 heterocycles. The second-order valence-electron chi connectivity index (χ2n) is 6.34. The Balaban J connectivity index is 1.51. The van der Waals surface area contributed by atoms with Crippen LogP contribution in [0.3, 0.4) is 0 Å². The van der Waals surface area contributed by atoms with Gasteiger partial charge in [-0.15, -0.1) is 0 Å². The van der Waals surface area contributed by atoms with Crippen molar-refractivity contribution in [2.24, 2.45) is 0 Å². The molecule has 0 saturated carbocycles. The molecule has 3 heteroatoms. The molecule has 1 amide bonds. The summed E-state index contributed by atoms with van der Waals surface area (Å²) in [5.41, 5.74) is 4.26. The van der Waals surface area contributed by atoms with Crippen LogP contribution in [-0.2, 0) is 17.8 Å². The molecular formula is C23H23NO2. The molecule has 0 aliphatic rings. The van der Waals surface area contributed by atoms with Gasteiger partial charge < -0.3 is 10.1 Å². The van der Waals surface area contributed by atoms with E-state index in [0.717, 1.165) is 23.4 Å². The van der Waals surface area contributed by atoms with Crippen LogP contribution in [0.4, 0.5) is 5.69 Å². The third kappa shape index (κ3) is 5.49. The molecule has 0 radical (unpaired) electrons. The van der Waals surface area contributed by atoms with Gasteiger partial charge in [0.25, 0.3) is 0 Å². The predicted molar refractivity (Wildman–Crippen MR) is 105 cm³/mol. The first kappa shape index (κ1) is 17.7. The minimum absolute atomic E-state index is 0.00536. The van der Waals surface area contributed by atoms with Crippen molar-refractivity contribution in [2.45, 2.75) is 26.4 Å². The van der Waals surface area contributed by atoms with E-state index in [-0.39, 0.29) is 5.91 Å². The number of anilines is 1. The molecule has 3 rings (SSSR count). The van der Waals surface area contributed by atoms with Crippen molar-refractivity contribution in [1.29, 1.82) is 0 Å². The van der Waals surface area contributed by atoms with Gasteiger partial charge >= 0.3 is 0 Å². The van der Waals surface area contributed by atoms with Gasteiger partial charge in [-0.25, -0.2) is 0 Å². The van der Waals surface area contributed by atoms with Crippen LogP contribution >= 0.6 is 0 Å². The van der Waals surface area contributed by atoms with E-state index in [1.165, 1.54) is 11.1 Å². The van der Waals surface area contributed by atoms with Crippen LogP contribution in [0, 0.1) is 6.92 Å². The Bertz CT molecular complexity index is 842. The average molecular weight is 345 g/mol. The van der Waals surface area contributed by atoms with E-state index in [1.54, 1.807) is 0 Å². The van der Waals surface area contributed by atoms with Crippen LogP contribution in [0.25, 0.3) is 0 Å². The highest BCUT2D eigenvalue weighted by Gasteiger charge is 2.05. The molecular weight excluding hydrogens is 322 g/mol. The number of benzene rings is 3. The van der Waals surface area contributed by atoms with Crippen LogP contribution in [0.2, 0.25) is 0 Å². The monoisotopic (exact) mass is 345 g/mol. The van der Waals surface area contributed by atoms with Crippen LogP contribution in [0.1, 0.15) is 23.1 Å². The molecule has 3 nitrogen and oxygen atoms in total. The zero-order chi connectivity index (χ0) is 18.2. The van der Waals surface area contributed by atoms with Crippen LogP contribution in [-0.4, -0.2) is 5.91 Å². The van der Waals surface area contributed by atoms with E-state index in [1.807, 2.05) is 54.6 Å². The Morgan fingerprint density at radius 3 is 2.42 bits per heavy atom. The van der Waals surface area contributed by atoms with Gasteiger partial charge in [0.15, 0.2) is 0 Å². The number of carbonyl (C=O) groups excluding carboxylic acids is 1. The summed E-state index contributed by atoms with van der Waals surface area (Å²) in [6, 6.07) is 25.8. The zero-order valence-corrected chi connectivity index (χ0v) is 14.9. The lowest BCUT2D eigenvalue weighted by atomic mass is 10.1. The molecule has 0 atom stereocenters. The summed E-state index contributed by atoms with van der Waals surface area (Å²) in [6.07, 6.45) is 1.19. The second-order valence-corrected chi connectivity index (χ2v) is 6.34. The maximum absolute atomic E-state index is 12.2. The lowest BCUT2D eigenvalue weighted by molar-refractivity contribution is -0.116. The van der Waals surface area contributed by atoms with Gasteiger partial charge in [0.2, 0.25) is 5.91 Å². The van der Waals surface area contributed by atoms with Crippen molar-refractivity contribution >= 4 is 11.6 Å². The van der Waals surface area contributed by atoms with E-state index >= 15 is 0 Å². The van der Waals surface area contributed by atoms with E-state index in [4.69, 9.17) is 4.74 Å². The van der Waals surface area contributed by atoms with E-state index in [0.29, 0.717) is 13.0 Å². The summed E-state index contributed by atoms with van der Waals surface area (Å²) in [6.45, 7) is 2.56. The number of hydrogen-bond acceptors (Lipinski definition) is 2. The Morgan fingerprint density at radius 2 is 1.65 bits per heavy atom. The smallest absolute Gasteiger partial charge is 0.224 e. The van der Waals surface area contributed by atoms with Gasteiger partial charge in [-0.3, -0.25) is 4.79 Å². The van der Waals surface area contributed by atoms with Crippen LogP contribution in [0.15, 0.2) is 78.9 Å². The molecule has 3 aromatic rings. The van der Waals surface area contributed by atoms with Crippen molar-refractivity contribution in [3.8, 4) is 5.75 Å². The van der Waals surface area contributed by atoms with Crippen molar-refractivity contribution in [3.63, 3.8) is 0 Å². The molecule has 132 valence electrons. The molecule has 0 aliphatic heterocycles. The summed E-state index contributed by atoms with van der Waals surface area (Å²) in [5, 5.41) is 2.94. The zero-order valence-electron chi connectivity index (χ0n) is 14.9. The topological polar surface area (TPSA) is 38.3 Å². The summed E-state index contributed by atoms with van der Waals surface area (Å²) < 4.78 is 5.80. The third-order valence-electron chi connectivity index (χ3n) is 4.13. The average Bonchev–Trinajstić information content (AvgIpc) is 2.67. The molecule has 1 N–H and O–H groups in total. The quantitative estimate of drug-likeness (QED) is 0.643. The van der Waals surface area contributed by atoms with Gasteiger partial charge in [-0.05, 0) is 36.6 Å². The SMILES string of the molecule is Cc1ccc(CCC(=O)Nc2cccc(OCc3ccccc3)c2)cc1. The number of hydrogen-bond donors (Lipinski definition) is 1. The standard InChI is InChI=1S/C23H23NO2/c1-18-10-12-19(13-11-18)14-15-23(25)24-21-8-5-9-22(16-21)26-17-20-6-3-2-4-7-20/h2-13,16H,14-15,17H2,1H3,(H,24,25). The lowest BCUT2D eigenvalue weighted by Gasteiger charge is -2.09. The first-order chi connectivity index (χ1) is 12.7. The van der Waals surface area contributed by atoms with Crippen LogP contribution < -0.4 is 10.1 Å². The fraction of sp³-hybridized carbons (Fsp3) is 0.174. The maximum atomic E-state index is 12.2. The number of carbonyl (C=O) groups is 1. The van der Waals surface area contributed by atoms with Crippen molar-refractivity contribution in [2.75, 3.05) is 5.32 Å². The molecule has 0 aliphatic carbocycles. The number of nitrogens with one attached hydrogen (secondary N) is 1. The van der Waals surface area contributed by atoms with Gasteiger partial charge in [-0.2, -0.15) is 0 Å². The fourth-order valence-electron chi connectivity index (χ4n) is 2.64. The molecule has 3 aromatic carbocycles. The number of aryl methyl sites for hydroxylation is 2. The number of amides is 1. The summed E-state index contributed by atoms with van der Waals surface area (Å²) in [7, 11) is 0. The second kappa shape index (κ2) is 8.86. The Morgan fingerprint density at radius 1 is 0.885 bits per heavy atom. The van der Waals surface area contributed by atoms with Gasteiger partial charge in [0.1, 0.15) is 12.4 Å². The largest absolute Gasteiger partial charge is 0.489 e. The number of rotatable bonds is 7. The van der Waals surface area contributed by atoms with Gasteiger partial charge in [-0.1, -0.05) is 66.2 Å². The van der Waals surface area contributed by atoms with Gasteiger partial charge in [0, 0.05) is 18.2 Å². The van der Waals surface area contributed by atoms with Crippen molar-refractivity contribution < 1.29 is 9.53 Å². The Hall–Kier alpha value is -3.07. The molecule has 0 fully saturated rings. The van der Waals surface area contributed by atoms with Crippen molar-refractivity contribution in [1.82, 2.24) is 0 Å². The summed E-state index contributed by atoms with van der Waals surface area (Å²) >= 11 is 0. The lowest BCUT2D eigenvalue weighted by Crippen LogP contribution is -2.12. The first-order valence-corrected chi connectivity index (χ1v) is 8.81. The maximum Gasteiger partial charge on any atom is 0.224 e. The minimum atomic E-state index is 0.00536. The molecule has 0 spiro atoms. The highest BCUT2D eigenvalue weighted by atomic mass is 16.5. The minimum Gasteiger partial charge on any atom is -0.489 e. The molecule has 0 bridgehead atoms.